The van der Waals surface area contributed by atoms with Crippen LogP contribution in [0.15, 0.2) is 48.8 Å². The van der Waals surface area contributed by atoms with Gasteiger partial charge in [-0.1, -0.05) is 55.8 Å². The molecule has 0 amide bonds. The molecule has 42 heavy (non-hydrogen) atoms. The molecule has 8 nitrogen and oxygen atoms in total. The second-order valence-corrected chi connectivity index (χ2v) is 12.0. The van der Waals surface area contributed by atoms with Crippen LogP contribution in [0.2, 0.25) is 5.02 Å². The van der Waals surface area contributed by atoms with Crippen LogP contribution >= 0.6 is 11.6 Å². The zero-order chi connectivity index (χ0) is 30.5. The lowest BCUT2D eigenvalue weighted by atomic mass is 9.69. The number of fused-ring (bicyclic) bond motifs is 1. The molecule has 0 saturated heterocycles. The molecule has 1 aliphatic carbocycles. The Labute approximate surface area is 246 Å². The van der Waals surface area contributed by atoms with Gasteiger partial charge >= 0.3 is 6.18 Å². The molecule has 1 saturated carbocycles. The van der Waals surface area contributed by atoms with Crippen LogP contribution in [0.5, 0.6) is 0 Å². The van der Waals surface area contributed by atoms with Crippen molar-refractivity contribution in [3.05, 3.63) is 76.2 Å². The Kier molecular flexibility index (Phi) is 7.10. The summed E-state index contributed by atoms with van der Waals surface area (Å²) in [5.74, 6) is 0. The number of nitriles is 2. The van der Waals surface area contributed by atoms with E-state index in [4.69, 9.17) is 19.4 Å². The van der Waals surface area contributed by atoms with Crippen molar-refractivity contribution in [2.45, 2.75) is 50.8 Å². The second-order valence-electron chi connectivity index (χ2n) is 11.6. The van der Waals surface area contributed by atoms with Gasteiger partial charge in [0, 0.05) is 28.8 Å². The third-order valence-electron chi connectivity index (χ3n) is 7.24. The van der Waals surface area contributed by atoms with Gasteiger partial charge in [-0.05, 0) is 42.0 Å². The predicted octanol–water partition coefficient (Wildman–Crippen LogP) is 6.21. The number of pyridine rings is 1. The number of aromatic nitrogens is 4. The maximum Gasteiger partial charge on any atom is 0.413 e. The van der Waals surface area contributed by atoms with Crippen molar-refractivity contribution in [1.29, 1.82) is 10.5 Å². The summed E-state index contributed by atoms with van der Waals surface area (Å²) >= 11 is 6.55. The van der Waals surface area contributed by atoms with Gasteiger partial charge in [-0.3, -0.25) is 4.98 Å². The number of hydrogen-bond acceptors (Lipinski definition) is 7. The van der Waals surface area contributed by atoms with Crippen LogP contribution in [0.25, 0.3) is 10.9 Å². The monoisotopic (exact) mass is 588 g/mol. The molecule has 1 unspecified atom stereocenters. The SMILES string of the molecule is [B]C(Nc1cc(C#N)c2ncc(C#N)c(NCC(C)(C)C)c2c1)(c1cn(C2(C(F)(F)F)CC2)nn1)c1ccccc1Cl. The van der Waals surface area contributed by atoms with Gasteiger partial charge in [0.15, 0.2) is 5.54 Å². The van der Waals surface area contributed by atoms with E-state index >= 15 is 0 Å². The van der Waals surface area contributed by atoms with Crippen molar-refractivity contribution >= 4 is 41.7 Å². The van der Waals surface area contributed by atoms with Crippen molar-refractivity contribution in [3.8, 4) is 12.1 Å². The predicted molar refractivity (Wildman–Crippen MR) is 154 cm³/mol. The van der Waals surface area contributed by atoms with Gasteiger partial charge in [-0.15, -0.1) is 5.10 Å². The van der Waals surface area contributed by atoms with E-state index in [0.717, 1.165) is 4.68 Å². The molecule has 4 aromatic rings. The number of anilines is 2. The van der Waals surface area contributed by atoms with E-state index < -0.39 is 17.2 Å². The van der Waals surface area contributed by atoms with Crippen LogP contribution in [0, 0.1) is 28.1 Å². The molecule has 13 heteroatoms. The third kappa shape index (κ3) is 5.12. The van der Waals surface area contributed by atoms with Gasteiger partial charge in [0.25, 0.3) is 0 Å². The molecule has 0 spiro atoms. The number of nitrogens with one attached hydrogen (secondary N) is 2. The Morgan fingerprint density at radius 1 is 1.10 bits per heavy atom. The minimum absolute atomic E-state index is 0.0142. The van der Waals surface area contributed by atoms with E-state index in [2.05, 4.69) is 38.1 Å². The van der Waals surface area contributed by atoms with Crippen LogP contribution in [0.1, 0.15) is 56.0 Å². The molecule has 1 atom stereocenters. The standard InChI is InChI=1S/C29H25BClF3N8/c1-26(2,3)16-38-25-18(13-36)14-37-24-17(12-35)10-19(11-20(24)25)39-28(30,21-6-4-5-7-22(21)31)23-15-42(41-40-23)27(8-9-27)29(32,33)34/h4-7,10-11,14-15,39H,8-9,16H2,1-3H3,(H,37,38). The van der Waals surface area contributed by atoms with Crippen molar-refractivity contribution in [2.24, 2.45) is 5.41 Å². The first-order valence-electron chi connectivity index (χ1n) is 13.1. The van der Waals surface area contributed by atoms with E-state index in [9.17, 15) is 23.7 Å². The largest absolute Gasteiger partial charge is 0.413 e. The van der Waals surface area contributed by atoms with Crippen LogP contribution in [0.3, 0.4) is 0 Å². The number of alkyl halides is 3. The normalized spacial score (nSPS) is 15.8. The van der Waals surface area contributed by atoms with Gasteiger partial charge in [0.1, 0.15) is 25.7 Å². The topological polar surface area (TPSA) is 115 Å². The first-order chi connectivity index (χ1) is 19.7. The molecule has 2 aromatic heterocycles. The molecule has 0 bridgehead atoms. The van der Waals surface area contributed by atoms with Gasteiger partial charge < -0.3 is 10.6 Å². The van der Waals surface area contributed by atoms with Gasteiger partial charge in [0.2, 0.25) is 0 Å². The Morgan fingerprint density at radius 3 is 2.38 bits per heavy atom. The van der Waals surface area contributed by atoms with E-state index in [1.165, 1.54) is 18.5 Å². The third-order valence-corrected chi connectivity index (χ3v) is 7.56. The molecule has 2 radical (unpaired) electrons. The van der Waals surface area contributed by atoms with Crippen LogP contribution < -0.4 is 10.6 Å². The molecule has 2 heterocycles. The van der Waals surface area contributed by atoms with Gasteiger partial charge in [-0.25, -0.2) is 4.68 Å². The van der Waals surface area contributed by atoms with E-state index in [0.29, 0.717) is 34.4 Å². The molecule has 1 aliphatic rings. The average Bonchev–Trinajstić information content (AvgIpc) is 3.60. The summed E-state index contributed by atoms with van der Waals surface area (Å²) < 4.78 is 42.4. The van der Waals surface area contributed by atoms with Crippen molar-refractivity contribution in [1.82, 2.24) is 20.0 Å². The Morgan fingerprint density at radius 2 is 1.79 bits per heavy atom. The van der Waals surface area contributed by atoms with Crippen molar-refractivity contribution < 1.29 is 13.2 Å². The minimum Gasteiger partial charge on any atom is -0.383 e. The fraction of sp³-hybridized carbons (Fsp3) is 0.345. The first kappa shape index (κ1) is 29.2. The highest BCUT2D eigenvalue weighted by atomic mass is 35.5. The fourth-order valence-corrected chi connectivity index (χ4v) is 5.07. The molecule has 2 N–H and O–H groups in total. The highest BCUT2D eigenvalue weighted by molar-refractivity contribution is 6.33. The Balaban J connectivity index is 1.67. The summed E-state index contributed by atoms with van der Waals surface area (Å²) in [5.41, 5.74) is -2.07. The van der Waals surface area contributed by atoms with Crippen molar-refractivity contribution in [3.63, 3.8) is 0 Å². The molecule has 2 aromatic carbocycles. The number of rotatable bonds is 7. The van der Waals surface area contributed by atoms with E-state index in [1.807, 2.05) is 20.8 Å². The molecule has 1 fully saturated rings. The van der Waals surface area contributed by atoms with Crippen LogP contribution in [0.4, 0.5) is 24.5 Å². The second kappa shape index (κ2) is 10.2. The molecular formula is C29H25BClF3N8. The quantitative estimate of drug-likeness (QED) is 0.247. The molecule has 212 valence electrons. The van der Waals surface area contributed by atoms with E-state index in [1.54, 1.807) is 30.3 Å². The zero-order valence-electron chi connectivity index (χ0n) is 23.0. The number of hydrogen-bond donors (Lipinski definition) is 2. The molecule has 0 aliphatic heterocycles. The summed E-state index contributed by atoms with van der Waals surface area (Å²) in [4.78, 5) is 4.36. The lowest BCUT2D eigenvalue weighted by molar-refractivity contribution is -0.182. The minimum atomic E-state index is -4.52. The summed E-state index contributed by atoms with van der Waals surface area (Å²) in [6, 6.07) is 14.1. The van der Waals surface area contributed by atoms with Gasteiger partial charge in [-0.2, -0.15) is 23.7 Å². The first-order valence-corrected chi connectivity index (χ1v) is 13.4. The smallest absolute Gasteiger partial charge is 0.383 e. The zero-order valence-corrected chi connectivity index (χ0v) is 23.8. The summed E-state index contributed by atoms with van der Waals surface area (Å²) in [6.45, 7) is 6.62. The number of nitrogens with zero attached hydrogens (tertiary/aromatic N) is 6. The summed E-state index contributed by atoms with van der Waals surface area (Å²) in [7, 11) is 6.95. The maximum atomic E-state index is 13.9. The van der Waals surface area contributed by atoms with Crippen molar-refractivity contribution in [2.75, 3.05) is 17.2 Å². The highest BCUT2D eigenvalue weighted by Crippen LogP contribution is 2.55. The summed E-state index contributed by atoms with van der Waals surface area (Å²) in [5, 5.41) is 34.9. The number of halogens is 4. The lowest BCUT2D eigenvalue weighted by Gasteiger charge is -2.32. The molecular weight excluding hydrogens is 564 g/mol. The Hall–Kier alpha value is -4.29. The maximum absolute atomic E-state index is 13.9. The van der Waals surface area contributed by atoms with Crippen LogP contribution in [-0.4, -0.2) is 40.5 Å². The van der Waals surface area contributed by atoms with Crippen LogP contribution in [-0.2, 0) is 11.0 Å². The highest BCUT2D eigenvalue weighted by Gasteiger charge is 2.66. The molecule has 5 rings (SSSR count). The van der Waals surface area contributed by atoms with Gasteiger partial charge in [0.05, 0.1) is 34.0 Å². The summed E-state index contributed by atoms with van der Waals surface area (Å²) in [6.07, 6.45) is -2.18. The fourth-order valence-electron chi connectivity index (χ4n) is 4.78. The Bertz CT molecular complexity index is 1760. The average molecular weight is 589 g/mol. The lowest BCUT2D eigenvalue weighted by Crippen LogP contribution is -2.38. The van der Waals surface area contributed by atoms with E-state index in [-0.39, 0.29) is 40.1 Å². The number of benzene rings is 2.